The molecule has 1 heterocycles. The van der Waals surface area contributed by atoms with Crippen molar-refractivity contribution in [2.24, 2.45) is 0 Å². The number of rotatable bonds is 2. The Hall–Kier alpha value is -0.910. The number of aryl methyl sites for hydroxylation is 2. The number of aliphatic hydroxyl groups is 1. The Balaban J connectivity index is 2.41. The highest BCUT2D eigenvalue weighted by molar-refractivity contribution is 7.89. The highest BCUT2D eigenvalue weighted by Crippen LogP contribution is 2.24. The summed E-state index contributed by atoms with van der Waals surface area (Å²) in [5.41, 5.74) is 1.67. The molecule has 4 nitrogen and oxygen atoms in total. The molecule has 0 bridgehead atoms. The van der Waals surface area contributed by atoms with Crippen LogP contribution in [-0.4, -0.2) is 37.0 Å². The first-order chi connectivity index (χ1) is 7.91. The molecule has 1 aromatic rings. The second kappa shape index (κ2) is 4.40. The van der Waals surface area contributed by atoms with Gasteiger partial charge in [-0.3, -0.25) is 0 Å². The van der Waals surface area contributed by atoms with E-state index in [9.17, 15) is 13.5 Å². The number of benzene rings is 1. The maximum atomic E-state index is 12.4. The molecule has 2 rings (SSSR count). The number of nitrogens with zero attached hydrogens (tertiary/aromatic N) is 1. The Kier molecular flexibility index (Phi) is 3.25. The van der Waals surface area contributed by atoms with E-state index in [-0.39, 0.29) is 6.54 Å². The van der Waals surface area contributed by atoms with Crippen LogP contribution >= 0.6 is 0 Å². The van der Waals surface area contributed by atoms with E-state index in [2.05, 4.69) is 0 Å². The van der Waals surface area contributed by atoms with Gasteiger partial charge in [0.15, 0.2) is 0 Å². The average molecular weight is 255 g/mol. The van der Waals surface area contributed by atoms with Crippen molar-refractivity contribution in [2.75, 3.05) is 13.1 Å². The number of β-amino-alcohol motifs (C(OH)–C–C–N with tert-alkyl or cyclic N) is 1. The first-order valence-corrected chi connectivity index (χ1v) is 7.11. The van der Waals surface area contributed by atoms with Crippen LogP contribution < -0.4 is 0 Å². The van der Waals surface area contributed by atoms with Gasteiger partial charge in [-0.05, 0) is 37.5 Å². The van der Waals surface area contributed by atoms with Gasteiger partial charge in [-0.1, -0.05) is 12.1 Å². The van der Waals surface area contributed by atoms with Crippen molar-refractivity contribution in [3.05, 3.63) is 29.3 Å². The molecule has 0 spiro atoms. The highest BCUT2D eigenvalue weighted by Gasteiger charge is 2.32. The molecule has 94 valence electrons. The Labute approximate surface area is 102 Å². The van der Waals surface area contributed by atoms with Gasteiger partial charge >= 0.3 is 0 Å². The highest BCUT2D eigenvalue weighted by atomic mass is 32.2. The Morgan fingerprint density at radius 1 is 1.35 bits per heavy atom. The van der Waals surface area contributed by atoms with Crippen molar-refractivity contribution in [3.63, 3.8) is 0 Å². The average Bonchev–Trinajstić information content (AvgIpc) is 2.69. The van der Waals surface area contributed by atoms with Gasteiger partial charge in [0.1, 0.15) is 0 Å². The lowest BCUT2D eigenvalue weighted by Crippen LogP contribution is -2.30. The van der Waals surface area contributed by atoms with Crippen molar-refractivity contribution in [2.45, 2.75) is 31.3 Å². The van der Waals surface area contributed by atoms with E-state index in [0.717, 1.165) is 11.1 Å². The molecule has 1 saturated heterocycles. The third-order valence-electron chi connectivity index (χ3n) is 3.09. The molecule has 0 aliphatic carbocycles. The zero-order chi connectivity index (χ0) is 12.6. The molecular formula is C12H17NO3S. The molecule has 1 atom stereocenters. The first kappa shape index (κ1) is 12.5. The summed E-state index contributed by atoms with van der Waals surface area (Å²) in [5.74, 6) is 0. The topological polar surface area (TPSA) is 57.6 Å². The molecule has 1 aliphatic heterocycles. The zero-order valence-electron chi connectivity index (χ0n) is 10.0. The van der Waals surface area contributed by atoms with Crippen LogP contribution in [0, 0.1) is 13.8 Å². The summed E-state index contributed by atoms with van der Waals surface area (Å²) in [7, 11) is -3.45. The maximum Gasteiger partial charge on any atom is 0.243 e. The van der Waals surface area contributed by atoms with E-state index < -0.39 is 16.1 Å². The smallest absolute Gasteiger partial charge is 0.243 e. The van der Waals surface area contributed by atoms with E-state index in [0.29, 0.717) is 17.9 Å². The van der Waals surface area contributed by atoms with Crippen molar-refractivity contribution < 1.29 is 13.5 Å². The van der Waals surface area contributed by atoms with Gasteiger partial charge in [0.05, 0.1) is 11.0 Å². The van der Waals surface area contributed by atoms with Crippen molar-refractivity contribution >= 4 is 10.0 Å². The lowest BCUT2D eigenvalue weighted by Gasteiger charge is -2.17. The van der Waals surface area contributed by atoms with Crippen LogP contribution in [0.5, 0.6) is 0 Å². The first-order valence-electron chi connectivity index (χ1n) is 5.67. The summed E-state index contributed by atoms with van der Waals surface area (Å²) in [4.78, 5) is 0.353. The van der Waals surface area contributed by atoms with Crippen molar-refractivity contribution in [1.82, 2.24) is 4.31 Å². The third-order valence-corrected chi connectivity index (χ3v) is 5.09. The van der Waals surface area contributed by atoms with Gasteiger partial charge in [-0.15, -0.1) is 0 Å². The molecule has 0 radical (unpaired) electrons. The second-order valence-electron chi connectivity index (χ2n) is 4.57. The number of hydrogen-bond acceptors (Lipinski definition) is 3. The number of aliphatic hydroxyl groups excluding tert-OH is 1. The van der Waals surface area contributed by atoms with Gasteiger partial charge in [0, 0.05) is 13.1 Å². The monoisotopic (exact) mass is 255 g/mol. The molecular weight excluding hydrogens is 238 g/mol. The molecule has 0 unspecified atom stereocenters. The summed E-state index contributed by atoms with van der Waals surface area (Å²) in [6.07, 6.45) is -0.0146. The molecule has 1 N–H and O–H groups in total. The maximum absolute atomic E-state index is 12.4. The van der Waals surface area contributed by atoms with Crippen LogP contribution in [0.25, 0.3) is 0 Å². The Morgan fingerprint density at radius 2 is 2.06 bits per heavy atom. The second-order valence-corrected chi connectivity index (χ2v) is 6.48. The van der Waals surface area contributed by atoms with E-state index >= 15 is 0 Å². The summed E-state index contributed by atoms with van der Waals surface area (Å²) in [6, 6.07) is 5.40. The van der Waals surface area contributed by atoms with Gasteiger partial charge in [0.2, 0.25) is 10.0 Å². The summed E-state index contributed by atoms with van der Waals surface area (Å²) < 4.78 is 26.1. The molecule has 1 aliphatic rings. The normalized spacial score (nSPS) is 21.9. The van der Waals surface area contributed by atoms with Crippen LogP contribution in [0.15, 0.2) is 23.1 Å². The summed E-state index contributed by atoms with van der Waals surface area (Å²) >= 11 is 0. The fraction of sp³-hybridized carbons (Fsp3) is 0.500. The summed E-state index contributed by atoms with van der Waals surface area (Å²) in [6.45, 7) is 4.27. The van der Waals surface area contributed by atoms with Crippen LogP contribution in [-0.2, 0) is 10.0 Å². The SMILES string of the molecule is Cc1ccc(C)c(S(=O)(=O)N2CC[C@H](O)C2)c1. The van der Waals surface area contributed by atoms with E-state index in [1.807, 2.05) is 19.1 Å². The Morgan fingerprint density at radius 3 is 2.65 bits per heavy atom. The minimum absolute atomic E-state index is 0.204. The van der Waals surface area contributed by atoms with E-state index in [1.54, 1.807) is 13.0 Å². The molecule has 17 heavy (non-hydrogen) atoms. The fourth-order valence-electron chi connectivity index (χ4n) is 2.05. The number of sulfonamides is 1. The van der Waals surface area contributed by atoms with Crippen LogP contribution in [0.4, 0.5) is 0 Å². The summed E-state index contributed by atoms with van der Waals surface area (Å²) in [5, 5.41) is 9.43. The van der Waals surface area contributed by atoms with Crippen LogP contribution in [0.2, 0.25) is 0 Å². The lowest BCUT2D eigenvalue weighted by molar-refractivity contribution is 0.189. The fourth-order valence-corrected chi connectivity index (χ4v) is 3.86. The van der Waals surface area contributed by atoms with Gasteiger partial charge in [-0.25, -0.2) is 8.42 Å². The lowest BCUT2D eigenvalue weighted by atomic mass is 10.2. The predicted octanol–water partition coefficient (Wildman–Crippen LogP) is 1.06. The standard InChI is InChI=1S/C12H17NO3S/c1-9-3-4-10(2)12(7-9)17(15,16)13-6-5-11(14)8-13/h3-4,7,11,14H,5-6,8H2,1-2H3/t11-/m0/s1. The number of hydrogen-bond donors (Lipinski definition) is 1. The van der Waals surface area contributed by atoms with Gasteiger partial charge < -0.3 is 5.11 Å². The predicted molar refractivity (Wildman–Crippen MR) is 65.3 cm³/mol. The quantitative estimate of drug-likeness (QED) is 0.859. The minimum Gasteiger partial charge on any atom is -0.392 e. The molecule has 0 amide bonds. The van der Waals surface area contributed by atoms with E-state index in [4.69, 9.17) is 0 Å². The minimum atomic E-state index is -3.45. The van der Waals surface area contributed by atoms with Gasteiger partial charge in [0.25, 0.3) is 0 Å². The molecule has 0 aromatic heterocycles. The Bertz CT molecular complexity index is 525. The van der Waals surface area contributed by atoms with Crippen LogP contribution in [0.1, 0.15) is 17.5 Å². The molecule has 1 fully saturated rings. The van der Waals surface area contributed by atoms with Crippen molar-refractivity contribution in [3.8, 4) is 0 Å². The third kappa shape index (κ3) is 2.36. The zero-order valence-corrected chi connectivity index (χ0v) is 10.9. The van der Waals surface area contributed by atoms with Crippen molar-refractivity contribution in [1.29, 1.82) is 0 Å². The van der Waals surface area contributed by atoms with Crippen LogP contribution in [0.3, 0.4) is 0 Å². The largest absolute Gasteiger partial charge is 0.392 e. The van der Waals surface area contributed by atoms with E-state index in [1.165, 1.54) is 4.31 Å². The molecule has 0 saturated carbocycles. The van der Waals surface area contributed by atoms with Gasteiger partial charge in [-0.2, -0.15) is 4.31 Å². The molecule has 5 heteroatoms. The molecule has 1 aromatic carbocycles.